The molecular weight excluding hydrogens is 387 g/mol. The van der Waals surface area contributed by atoms with Crippen molar-refractivity contribution in [2.24, 2.45) is 4.99 Å². The van der Waals surface area contributed by atoms with E-state index in [1.165, 1.54) is 11.0 Å². The monoisotopic (exact) mass is 411 g/mol. The summed E-state index contributed by atoms with van der Waals surface area (Å²) in [6.45, 7) is 3.92. The van der Waals surface area contributed by atoms with Crippen molar-refractivity contribution in [3.05, 3.63) is 52.4 Å². The van der Waals surface area contributed by atoms with Gasteiger partial charge in [0.25, 0.3) is 0 Å². The summed E-state index contributed by atoms with van der Waals surface area (Å²) >= 11 is 0. The van der Waals surface area contributed by atoms with Crippen LogP contribution in [0.25, 0.3) is 0 Å². The predicted molar refractivity (Wildman–Crippen MR) is 102 cm³/mol. The lowest BCUT2D eigenvalue weighted by atomic mass is 10.1. The molecule has 10 heteroatoms. The van der Waals surface area contributed by atoms with E-state index in [0.29, 0.717) is 17.9 Å². The van der Waals surface area contributed by atoms with Crippen molar-refractivity contribution in [3.63, 3.8) is 0 Å². The smallest absolute Gasteiger partial charge is 0.361 e. The van der Waals surface area contributed by atoms with Gasteiger partial charge in [-0.05, 0) is 31.5 Å². The Morgan fingerprint density at radius 2 is 1.97 bits per heavy atom. The van der Waals surface area contributed by atoms with Gasteiger partial charge in [-0.2, -0.15) is 13.2 Å². The largest absolute Gasteiger partial charge is 0.416 e. The maximum atomic E-state index is 12.9. The van der Waals surface area contributed by atoms with E-state index in [9.17, 15) is 18.0 Å². The van der Waals surface area contributed by atoms with E-state index in [-0.39, 0.29) is 25.0 Å². The number of aliphatic imine (C=N–C) groups is 1. The molecule has 0 fully saturated rings. The van der Waals surface area contributed by atoms with Crippen LogP contribution in [-0.4, -0.2) is 42.6 Å². The highest BCUT2D eigenvalue weighted by Gasteiger charge is 2.30. The molecule has 1 amide bonds. The maximum Gasteiger partial charge on any atom is 0.416 e. The first-order valence-electron chi connectivity index (χ1n) is 8.88. The van der Waals surface area contributed by atoms with Gasteiger partial charge in [0, 0.05) is 26.2 Å². The number of nitrogens with one attached hydrogen (secondary N) is 2. The average molecular weight is 411 g/mol. The van der Waals surface area contributed by atoms with Gasteiger partial charge in [-0.3, -0.25) is 4.79 Å². The first-order valence-corrected chi connectivity index (χ1v) is 8.88. The lowest BCUT2D eigenvalue weighted by Crippen LogP contribution is -2.42. The first kappa shape index (κ1) is 22.3. The van der Waals surface area contributed by atoms with Crippen molar-refractivity contribution in [1.82, 2.24) is 20.7 Å². The predicted octanol–water partition coefficient (Wildman–Crippen LogP) is 2.63. The van der Waals surface area contributed by atoms with Gasteiger partial charge in [0.2, 0.25) is 5.91 Å². The third kappa shape index (κ3) is 6.51. The molecule has 0 spiro atoms. The van der Waals surface area contributed by atoms with Crippen LogP contribution in [0.5, 0.6) is 0 Å². The van der Waals surface area contributed by atoms with E-state index in [4.69, 9.17) is 4.52 Å². The SMILES string of the molecule is Cc1noc(C)c1CNC(=NCc1cccc(C(F)(F)F)c1)NCC(=O)N(C)C. The molecular formula is C19H24F3N5O2. The van der Waals surface area contributed by atoms with Gasteiger partial charge < -0.3 is 20.1 Å². The number of aromatic nitrogens is 1. The Balaban J connectivity index is 2.14. The Kier molecular flexibility index (Phi) is 7.24. The fourth-order valence-electron chi connectivity index (χ4n) is 2.43. The van der Waals surface area contributed by atoms with Crippen LogP contribution < -0.4 is 10.6 Å². The van der Waals surface area contributed by atoms with Gasteiger partial charge in [-0.15, -0.1) is 0 Å². The standard InChI is InChI=1S/C19H24F3N5O2/c1-12-16(13(2)29-26-12)10-24-18(25-11-17(28)27(3)4)23-9-14-6-5-7-15(8-14)19(20,21)22/h5-8H,9-11H2,1-4H3,(H2,23,24,25). The van der Waals surface area contributed by atoms with Crippen molar-refractivity contribution in [2.45, 2.75) is 33.1 Å². The lowest BCUT2D eigenvalue weighted by Gasteiger charge is -2.15. The Hall–Kier alpha value is -3.04. The number of alkyl halides is 3. The number of halogens is 3. The van der Waals surface area contributed by atoms with E-state index in [1.807, 2.05) is 0 Å². The minimum absolute atomic E-state index is 0.0109. The number of benzene rings is 1. The second-order valence-corrected chi connectivity index (χ2v) is 6.66. The molecule has 158 valence electrons. The van der Waals surface area contributed by atoms with E-state index < -0.39 is 11.7 Å². The molecule has 0 saturated heterocycles. The number of carbonyl (C=O) groups is 1. The summed E-state index contributed by atoms with van der Waals surface area (Å²) in [6, 6.07) is 4.97. The molecule has 0 unspecified atom stereocenters. The van der Waals surface area contributed by atoms with Crippen molar-refractivity contribution in [3.8, 4) is 0 Å². The number of carbonyl (C=O) groups excluding carboxylic acids is 1. The minimum Gasteiger partial charge on any atom is -0.361 e. The summed E-state index contributed by atoms with van der Waals surface area (Å²) in [7, 11) is 3.25. The number of aryl methyl sites for hydroxylation is 2. The van der Waals surface area contributed by atoms with E-state index in [0.717, 1.165) is 23.4 Å². The van der Waals surface area contributed by atoms with E-state index >= 15 is 0 Å². The van der Waals surface area contributed by atoms with Crippen molar-refractivity contribution < 1.29 is 22.5 Å². The van der Waals surface area contributed by atoms with Crippen LogP contribution in [-0.2, 0) is 24.1 Å². The minimum atomic E-state index is -4.42. The molecule has 0 bridgehead atoms. The quantitative estimate of drug-likeness (QED) is 0.564. The molecule has 1 heterocycles. The van der Waals surface area contributed by atoms with Crippen LogP contribution in [0.15, 0.2) is 33.8 Å². The average Bonchev–Trinajstić information content (AvgIpc) is 2.98. The normalized spacial score (nSPS) is 12.0. The summed E-state index contributed by atoms with van der Waals surface area (Å²) < 4.78 is 43.8. The van der Waals surface area contributed by atoms with Crippen molar-refractivity contribution in [2.75, 3.05) is 20.6 Å². The van der Waals surface area contributed by atoms with Gasteiger partial charge in [0.15, 0.2) is 5.96 Å². The number of hydrogen-bond donors (Lipinski definition) is 2. The van der Waals surface area contributed by atoms with Gasteiger partial charge in [0.05, 0.1) is 24.3 Å². The summed E-state index contributed by atoms with van der Waals surface area (Å²) in [5, 5.41) is 9.83. The number of nitrogens with zero attached hydrogens (tertiary/aromatic N) is 3. The van der Waals surface area contributed by atoms with Crippen LogP contribution in [0.1, 0.15) is 28.1 Å². The van der Waals surface area contributed by atoms with E-state index in [1.54, 1.807) is 34.0 Å². The lowest BCUT2D eigenvalue weighted by molar-refractivity contribution is -0.137. The zero-order chi connectivity index (χ0) is 21.6. The van der Waals surface area contributed by atoms with Gasteiger partial charge in [-0.1, -0.05) is 17.3 Å². The summed E-state index contributed by atoms with van der Waals surface area (Å²) in [4.78, 5) is 17.6. The number of guanidine groups is 1. The molecule has 2 aromatic rings. The van der Waals surface area contributed by atoms with Crippen LogP contribution in [0.3, 0.4) is 0 Å². The number of rotatable bonds is 6. The highest BCUT2D eigenvalue weighted by atomic mass is 19.4. The molecule has 1 aromatic carbocycles. The zero-order valence-electron chi connectivity index (χ0n) is 16.7. The fourth-order valence-corrected chi connectivity index (χ4v) is 2.43. The topological polar surface area (TPSA) is 82.8 Å². The van der Waals surface area contributed by atoms with Crippen molar-refractivity contribution in [1.29, 1.82) is 0 Å². The second kappa shape index (κ2) is 9.44. The summed E-state index contributed by atoms with van der Waals surface area (Å²) in [5.74, 6) is 0.769. The number of amides is 1. The Bertz CT molecular complexity index is 855. The van der Waals surface area contributed by atoms with Crippen molar-refractivity contribution >= 4 is 11.9 Å². The third-order valence-electron chi connectivity index (χ3n) is 4.19. The molecule has 29 heavy (non-hydrogen) atoms. The highest BCUT2D eigenvalue weighted by molar-refractivity contribution is 5.86. The van der Waals surface area contributed by atoms with Gasteiger partial charge in [-0.25, -0.2) is 4.99 Å². The van der Waals surface area contributed by atoms with Crippen LogP contribution in [0, 0.1) is 13.8 Å². The maximum absolute atomic E-state index is 12.9. The molecule has 0 aliphatic carbocycles. The van der Waals surface area contributed by atoms with E-state index in [2.05, 4.69) is 20.8 Å². The summed E-state index contributed by atoms with van der Waals surface area (Å²) in [5.41, 5.74) is 1.23. The Labute approximate surface area is 167 Å². The first-order chi connectivity index (χ1) is 13.6. The fraction of sp³-hybridized carbons (Fsp3) is 0.421. The van der Waals surface area contributed by atoms with Crippen LogP contribution >= 0.6 is 0 Å². The van der Waals surface area contributed by atoms with Gasteiger partial charge in [0.1, 0.15) is 5.76 Å². The number of likely N-dealkylation sites (N-methyl/N-ethyl adjacent to an activating group) is 1. The molecule has 7 nitrogen and oxygen atoms in total. The molecule has 0 atom stereocenters. The Morgan fingerprint density at radius 1 is 1.24 bits per heavy atom. The molecule has 1 aromatic heterocycles. The molecule has 0 radical (unpaired) electrons. The van der Waals surface area contributed by atoms with Crippen LogP contribution in [0.2, 0.25) is 0 Å². The van der Waals surface area contributed by atoms with Crippen LogP contribution in [0.4, 0.5) is 13.2 Å². The number of hydrogen-bond acceptors (Lipinski definition) is 4. The molecule has 0 aliphatic heterocycles. The molecule has 2 N–H and O–H groups in total. The zero-order valence-corrected chi connectivity index (χ0v) is 16.7. The molecule has 2 rings (SSSR count). The molecule has 0 aliphatic rings. The summed E-state index contributed by atoms with van der Waals surface area (Å²) in [6.07, 6.45) is -4.42. The third-order valence-corrected chi connectivity index (χ3v) is 4.19. The second-order valence-electron chi connectivity index (χ2n) is 6.66. The Morgan fingerprint density at radius 3 is 2.55 bits per heavy atom. The molecule has 0 saturated carbocycles. The van der Waals surface area contributed by atoms with Gasteiger partial charge >= 0.3 is 6.18 Å². The highest BCUT2D eigenvalue weighted by Crippen LogP contribution is 2.29.